The molecule has 3 saturated heterocycles. The quantitative estimate of drug-likeness (QED) is 0.128. The normalized spacial score (nSPS) is 18.6. The van der Waals surface area contributed by atoms with E-state index < -0.39 is 0 Å². The van der Waals surface area contributed by atoms with E-state index in [4.69, 9.17) is 29.9 Å². The average molecular weight is 936 g/mol. The smallest absolute Gasteiger partial charge is 0.258 e. The van der Waals surface area contributed by atoms with Crippen molar-refractivity contribution in [2.24, 2.45) is 0 Å². The minimum atomic E-state index is -0.315. The molecule has 0 unspecified atom stereocenters. The van der Waals surface area contributed by atoms with Crippen LogP contribution in [-0.2, 0) is 45.2 Å². The number of phenols is 2. The number of phenolic OH excluding ortho intramolecular Hbond substituents is 2. The van der Waals surface area contributed by atoms with Crippen LogP contribution in [0.25, 0.3) is 21.6 Å². The van der Waals surface area contributed by atoms with E-state index in [1.807, 2.05) is 18.7 Å². The van der Waals surface area contributed by atoms with Gasteiger partial charge >= 0.3 is 0 Å². The molecule has 1 atom stereocenters. The molecule has 9 rings (SSSR count). The number of aromatic nitrogens is 4. The van der Waals surface area contributed by atoms with Crippen LogP contribution in [0.1, 0.15) is 57.3 Å². The lowest BCUT2D eigenvalue weighted by atomic mass is 9.98. The van der Waals surface area contributed by atoms with Crippen LogP contribution in [0.15, 0.2) is 48.8 Å². The van der Waals surface area contributed by atoms with Gasteiger partial charge in [0.15, 0.2) is 11.6 Å². The molecule has 0 bridgehead atoms. The minimum Gasteiger partial charge on any atom is -0.508 e. The molecular weight excluding hydrogens is 875 g/mol. The van der Waals surface area contributed by atoms with Gasteiger partial charge in [-0.1, -0.05) is 32.0 Å². The van der Waals surface area contributed by atoms with Gasteiger partial charge in [0.2, 0.25) is 11.9 Å². The molecule has 4 aliphatic rings. The number of thiophene rings is 1. The summed E-state index contributed by atoms with van der Waals surface area (Å²) < 4.78 is 17.8. The number of aromatic hydroxyl groups is 2. The summed E-state index contributed by atoms with van der Waals surface area (Å²) in [4.78, 5) is 60.8. The lowest BCUT2D eigenvalue weighted by molar-refractivity contribution is -0.142. The number of ether oxygens (including phenoxy) is 3. The van der Waals surface area contributed by atoms with Gasteiger partial charge in [-0.2, -0.15) is 0 Å². The van der Waals surface area contributed by atoms with Crippen LogP contribution < -0.4 is 10.6 Å². The Bertz CT molecular complexity index is 2550. The molecule has 18 nitrogen and oxygen atoms in total. The number of fused-ring (bicyclic) bond motifs is 2. The largest absolute Gasteiger partial charge is 0.508 e. The molecular formula is C48H61N11O7S. The van der Waals surface area contributed by atoms with E-state index in [1.54, 1.807) is 41.8 Å². The van der Waals surface area contributed by atoms with Crippen molar-refractivity contribution in [2.75, 3.05) is 116 Å². The van der Waals surface area contributed by atoms with Crippen LogP contribution in [0.5, 0.6) is 11.5 Å². The Hall–Kier alpha value is -5.54. The first-order chi connectivity index (χ1) is 32.5. The Balaban J connectivity index is 0.846. The molecule has 67 heavy (non-hydrogen) atoms. The molecule has 3 aromatic heterocycles. The van der Waals surface area contributed by atoms with Gasteiger partial charge in [0.1, 0.15) is 17.5 Å². The number of nitrogens with zero attached hydrogens (tertiary/aromatic N) is 10. The molecule has 0 spiro atoms. The second-order valence-corrected chi connectivity index (χ2v) is 19.2. The first-order valence-corrected chi connectivity index (χ1v) is 24.0. The molecule has 356 valence electrons. The summed E-state index contributed by atoms with van der Waals surface area (Å²) in [5.74, 6) is 1.28. The Morgan fingerprint density at radius 2 is 1.61 bits per heavy atom. The van der Waals surface area contributed by atoms with Crippen LogP contribution in [-0.4, -0.2) is 178 Å². The standard InChI is InChI=1S/C48H61N11O7S/c1-31(2)37-22-38(42(61)23-41(37)60)46(62)59-27-33-5-4-32(20-34(33)28-59)26-54-6-10-58(11-7-54)47(63)40-30-55(8-9-56(40)12-15-66-19-18-64-3)29-36-21-39-43(67-36)45(57-13-16-65-17-14-57)53-44(52-39)35-24-50-48(49)51-25-35/h4-5,20-25,31,40,60-61H,6-19,26-30H2,1-3H3,(H2,49,50,51)/t40-/m0/s1. The number of piperazine rings is 2. The molecule has 3 fully saturated rings. The van der Waals surface area contributed by atoms with E-state index in [0.717, 1.165) is 83.4 Å². The van der Waals surface area contributed by atoms with Crippen molar-refractivity contribution in [2.45, 2.75) is 52.0 Å². The van der Waals surface area contributed by atoms with E-state index in [9.17, 15) is 19.8 Å². The fraction of sp³-hybridized carbons (Fsp3) is 0.500. The third kappa shape index (κ3) is 10.6. The molecule has 0 aliphatic carbocycles. The highest BCUT2D eigenvalue weighted by atomic mass is 32.1. The number of nitrogen functional groups attached to an aromatic ring is 1. The Labute approximate surface area is 394 Å². The average Bonchev–Trinajstić information content (AvgIpc) is 3.95. The third-order valence-corrected chi connectivity index (χ3v) is 14.3. The van der Waals surface area contributed by atoms with Crippen LogP contribution in [0.2, 0.25) is 0 Å². The number of hydrogen-bond donors (Lipinski definition) is 3. The lowest BCUT2D eigenvalue weighted by Gasteiger charge is -2.44. The molecule has 4 aliphatic heterocycles. The van der Waals surface area contributed by atoms with E-state index in [-0.39, 0.29) is 46.8 Å². The summed E-state index contributed by atoms with van der Waals surface area (Å²) in [5.41, 5.74) is 11.5. The number of carbonyl (C=O) groups excluding carboxylic acids is 2. The van der Waals surface area contributed by atoms with Crippen LogP contribution in [0.3, 0.4) is 0 Å². The summed E-state index contributed by atoms with van der Waals surface area (Å²) in [7, 11) is 1.66. The van der Waals surface area contributed by atoms with Gasteiger partial charge in [-0.25, -0.2) is 19.9 Å². The fourth-order valence-corrected chi connectivity index (χ4v) is 10.6. The minimum absolute atomic E-state index is 0.000872. The van der Waals surface area contributed by atoms with Gasteiger partial charge in [0.05, 0.1) is 54.4 Å². The van der Waals surface area contributed by atoms with Crippen molar-refractivity contribution >= 4 is 45.1 Å². The van der Waals surface area contributed by atoms with Crippen molar-refractivity contribution in [3.8, 4) is 22.9 Å². The number of hydrogen-bond acceptors (Lipinski definition) is 17. The fourth-order valence-electron chi connectivity index (χ4n) is 9.47. The molecule has 7 heterocycles. The molecule has 2 amide bonds. The van der Waals surface area contributed by atoms with Crippen molar-refractivity contribution in [1.82, 2.24) is 44.4 Å². The van der Waals surface area contributed by atoms with Crippen LogP contribution in [0.4, 0.5) is 11.8 Å². The summed E-state index contributed by atoms with van der Waals surface area (Å²) in [6, 6.07) is 11.1. The van der Waals surface area contributed by atoms with Gasteiger partial charge in [-0.15, -0.1) is 11.3 Å². The van der Waals surface area contributed by atoms with Gasteiger partial charge < -0.3 is 44.9 Å². The number of benzene rings is 2. The topological polar surface area (TPSA) is 199 Å². The summed E-state index contributed by atoms with van der Waals surface area (Å²) in [6.07, 6.45) is 3.31. The van der Waals surface area contributed by atoms with Crippen LogP contribution >= 0.6 is 11.3 Å². The second-order valence-electron chi connectivity index (χ2n) is 18.1. The molecule has 19 heteroatoms. The third-order valence-electron chi connectivity index (χ3n) is 13.2. The van der Waals surface area contributed by atoms with E-state index in [1.165, 1.54) is 6.07 Å². The SMILES string of the molecule is COCCOCCN1CCN(Cc2cc3nc(-c4cnc(N)nc4)nc(N4CCOCC4)c3s2)C[C@H]1C(=O)N1CCN(Cc2ccc3c(c2)CN(C(=O)c2cc(C(C)C)c(O)cc2O)C3)CC1. The van der Waals surface area contributed by atoms with Gasteiger partial charge in [-0.3, -0.25) is 24.3 Å². The summed E-state index contributed by atoms with van der Waals surface area (Å²) in [5, 5.41) is 20.9. The number of methoxy groups -OCH3 is 1. The van der Waals surface area contributed by atoms with Crippen molar-refractivity contribution in [1.29, 1.82) is 0 Å². The zero-order chi connectivity index (χ0) is 46.6. The number of nitrogens with two attached hydrogens (primary N) is 1. The number of carbonyl (C=O) groups is 2. The Morgan fingerprint density at radius 3 is 2.37 bits per heavy atom. The number of amides is 2. The van der Waals surface area contributed by atoms with Crippen molar-refractivity contribution in [3.63, 3.8) is 0 Å². The molecule has 4 N–H and O–H groups in total. The first kappa shape index (κ1) is 46.6. The van der Waals surface area contributed by atoms with E-state index in [0.29, 0.717) is 95.8 Å². The van der Waals surface area contributed by atoms with Gasteiger partial charge in [0.25, 0.3) is 5.91 Å². The van der Waals surface area contributed by atoms with Gasteiger partial charge in [0, 0.05) is 122 Å². The highest BCUT2D eigenvalue weighted by Gasteiger charge is 2.37. The Morgan fingerprint density at radius 1 is 0.851 bits per heavy atom. The zero-order valence-electron chi connectivity index (χ0n) is 38.6. The lowest BCUT2D eigenvalue weighted by Crippen LogP contribution is -2.61. The second kappa shape index (κ2) is 20.8. The maximum absolute atomic E-state index is 14.6. The maximum atomic E-state index is 14.6. The number of anilines is 2. The first-order valence-electron chi connectivity index (χ1n) is 23.2. The maximum Gasteiger partial charge on any atom is 0.258 e. The zero-order valence-corrected chi connectivity index (χ0v) is 39.4. The van der Waals surface area contributed by atoms with Crippen molar-refractivity contribution in [3.05, 3.63) is 81.5 Å². The Kier molecular flexibility index (Phi) is 14.4. The van der Waals surface area contributed by atoms with Crippen molar-refractivity contribution < 1.29 is 34.0 Å². The van der Waals surface area contributed by atoms with E-state index in [2.05, 4.69) is 53.8 Å². The predicted octanol–water partition coefficient (Wildman–Crippen LogP) is 3.75. The van der Waals surface area contributed by atoms with Crippen LogP contribution in [0, 0.1) is 0 Å². The monoisotopic (exact) mass is 935 g/mol. The molecule has 0 saturated carbocycles. The summed E-state index contributed by atoms with van der Waals surface area (Å²) >= 11 is 1.71. The highest BCUT2D eigenvalue weighted by molar-refractivity contribution is 7.19. The predicted molar refractivity (Wildman–Crippen MR) is 255 cm³/mol. The van der Waals surface area contributed by atoms with E-state index >= 15 is 0 Å². The van der Waals surface area contributed by atoms with Gasteiger partial charge in [-0.05, 0) is 40.3 Å². The number of morpholine rings is 1. The molecule has 0 radical (unpaired) electrons. The molecule has 5 aromatic rings. The highest BCUT2D eigenvalue weighted by Crippen LogP contribution is 2.37. The number of rotatable bonds is 15. The summed E-state index contributed by atoms with van der Waals surface area (Å²) in [6.45, 7) is 16.1. The molecule has 2 aromatic carbocycles.